The minimum absolute atomic E-state index is 0.0977. The number of fused-ring (bicyclic) bond motifs is 1. The summed E-state index contributed by atoms with van der Waals surface area (Å²) in [5.41, 5.74) is 0.311. The Morgan fingerprint density at radius 2 is 2.03 bits per heavy atom. The molecule has 4 rings (SSSR count). The largest absolute Gasteiger partial charge is 0.493 e. The first kappa shape index (κ1) is 23.5. The van der Waals surface area contributed by atoms with Crippen LogP contribution < -0.4 is 0 Å². The molecule has 1 aliphatic carbocycles. The van der Waals surface area contributed by atoms with Crippen molar-refractivity contribution in [1.82, 2.24) is 4.90 Å². The lowest BCUT2D eigenvalue weighted by Gasteiger charge is -2.32. The van der Waals surface area contributed by atoms with E-state index < -0.39 is 24.1 Å². The van der Waals surface area contributed by atoms with E-state index in [1.807, 2.05) is 0 Å². The van der Waals surface area contributed by atoms with E-state index in [4.69, 9.17) is 9.47 Å². The summed E-state index contributed by atoms with van der Waals surface area (Å²) in [5, 5.41) is 0.442. The molecule has 0 bridgehead atoms. The number of rotatable bonds is 8. The van der Waals surface area contributed by atoms with Gasteiger partial charge in [-0.3, -0.25) is 9.69 Å². The Morgan fingerprint density at radius 3 is 2.81 bits per heavy atom. The van der Waals surface area contributed by atoms with E-state index in [9.17, 15) is 18.0 Å². The highest BCUT2D eigenvalue weighted by Gasteiger charge is 2.35. The monoisotopic (exact) mass is 471 g/mol. The van der Waals surface area contributed by atoms with Crippen molar-refractivity contribution in [2.45, 2.75) is 37.4 Å². The topological polar surface area (TPSA) is 63.5 Å². The quantitative estimate of drug-likeness (QED) is 0.541. The number of hydrogen-bond acceptors (Lipinski definition) is 6. The second-order valence-electron chi connectivity index (χ2n) is 8.50. The number of aliphatic imine (C=N–C) groups is 2. The molecule has 6 nitrogen and oxygen atoms in total. The number of amides is 1. The van der Waals surface area contributed by atoms with Crippen molar-refractivity contribution in [3.63, 3.8) is 0 Å². The Morgan fingerprint density at radius 1 is 1.22 bits per heavy atom. The first-order valence-corrected chi connectivity index (χ1v) is 12.1. The molecule has 176 valence electrons. The van der Waals surface area contributed by atoms with Gasteiger partial charge < -0.3 is 9.47 Å². The second-order valence-corrected chi connectivity index (χ2v) is 9.79. The number of carbonyl (C=O) groups excluding carboxylic acids is 1. The van der Waals surface area contributed by atoms with E-state index >= 15 is 0 Å². The summed E-state index contributed by atoms with van der Waals surface area (Å²) in [7, 11) is 0. The van der Waals surface area contributed by atoms with Crippen LogP contribution in [0.1, 0.15) is 25.7 Å². The van der Waals surface area contributed by atoms with Gasteiger partial charge in [0, 0.05) is 43.1 Å². The lowest BCUT2D eigenvalue weighted by molar-refractivity contribution is -0.119. The molecule has 0 aromatic carbocycles. The van der Waals surface area contributed by atoms with Gasteiger partial charge in [0.2, 0.25) is 0 Å². The summed E-state index contributed by atoms with van der Waals surface area (Å²) in [6.07, 6.45) is 4.07. The first-order chi connectivity index (χ1) is 15.5. The van der Waals surface area contributed by atoms with Crippen molar-refractivity contribution in [1.29, 1.82) is 0 Å². The molecule has 4 aliphatic rings. The molecule has 2 saturated heterocycles. The Kier molecular flexibility index (Phi) is 8.07. The molecule has 3 heterocycles. The molecule has 0 N–H and O–H groups in total. The Labute approximate surface area is 190 Å². The lowest BCUT2D eigenvalue weighted by atomic mass is 9.94. The fourth-order valence-electron chi connectivity index (χ4n) is 4.38. The molecule has 32 heavy (non-hydrogen) atoms. The van der Waals surface area contributed by atoms with Gasteiger partial charge in [0.15, 0.2) is 0 Å². The SMILES string of the molecule is O=C1N=C(CSC2CCOCC2)N=C2C=C(OCC3CCCN(CC(F)F)C3)C=C(F)C12. The van der Waals surface area contributed by atoms with E-state index in [1.165, 1.54) is 6.08 Å². The normalized spacial score (nSPS) is 27.4. The highest BCUT2D eigenvalue weighted by molar-refractivity contribution is 8.00. The Balaban J connectivity index is 1.35. The average molecular weight is 472 g/mol. The van der Waals surface area contributed by atoms with Crippen LogP contribution in [0.2, 0.25) is 0 Å². The Bertz CT molecular complexity index is 824. The van der Waals surface area contributed by atoms with E-state index in [2.05, 4.69) is 9.98 Å². The van der Waals surface area contributed by atoms with Crippen LogP contribution in [0, 0.1) is 11.8 Å². The van der Waals surface area contributed by atoms with E-state index in [1.54, 1.807) is 22.7 Å². The van der Waals surface area contributed by atoms with E-state index in [0.29, 0.717) is 48.0 Å². The number of likely N-dealkylation sites (tertiary alicyclic amines) is 1. The van der Waals surface area contributed by atoms with Gasteiger partial charge in [-0.15, -0.1) is 0 Å². The zero-order valence-electron chi connectivity index (χ0n) is 17.9. The molecule has 0 aromatic rings. The summed E-state index contributed by atoms with van der Waals surface area (Å²) in [4.78, 5) is 22.6. The zero-order chi connectivity index (χ0) is 22.5. The van der Waals surface area contributed by atoms with Crippen molar-refractivity contribution in [2.75, 3.05) is 45.2 Å². The van der Waals surface area contributed by atoms with Crippen molar-refractivity contribution in [3.8, 4) is 0 Å². The van der Waals surface area contributed by atoms with Gasteiger partial charge >= 0.3 is 0 Å². The summed E-state index contributed by atoms with van der Waals surface area (Å²) in [6.45, 7) is 2.74. The number of amidine groups is 1. The molecule has 2 fully saturated rings. The van der Waals surface area contributed by atoms with Crippen LogP contribution in [-0.4, -0.2) is 79.2 Å². The smallest absolute Gasteiger partial charge is 0.263 e. The van der Waals surface area contributed by atoms with E-state index in [-0.39, 0.29) is 12.5 Å². The molecule has 3 aliphatic heterocycles. The number of piperidine rings is 1. The number of carbonyl (C=O) groups is 1. The van der Waals surface area contributed by atoms with Crippen LogP contribution in [0.3, 0.4) is 0 Å². The van der Waals surface area contributed by atoms with Crippen molar-refractivity contribution < 1.29 is 27.4 Å². The molecule has 2 unspecified atom stereocenters. The summed E-state index contributed by atoms with van der Waals surface area (Å²) in [5.74, 6) is -0.988. The number of ether oxygens (including phenoxy) is 2. The molecular weight excluding hydrogens is 443 g/mol. The fourth-order valence-corrected chi connectivity index (χ4v) is 5.42. The van der Waals surface area contributed by atoms with Gasteiger partial charge in [-0.05, 0) is 32.2 Å². The molecule has 0 saturated carbocycles. The predicted octanol–water partition coefficient (Wildman–Crippen LogP) is 3.64. The highest BCUT2D eigenvalue weighted by Crippen LogP contribution is 2.30. The van der Waals surface area contributed by atoms with Gasteiger partial charge in [0.25, 0.3) is 12.3 Å². The van der Waals surface area contributed by atoms with Crippen LogP contribution in [0.15, 0.2) is 33.7 Å². The number of thioether (sulfide) groups is 1. The molecule has 10 heteroatoms. The molecule has 0 radical (unpaired) electrons. The van der Waals surface area contributed by atoms with Gasteiger partial charge in [-0.2, -0.15) is 16.8 Å². The third-order valence-corrected chi connectivity index (χ3v) is 7.36. The van der Waals surface area contributed by atoms with Gasteiger partial charge in [-0.25, -0.2) is 18.2 Å². The number of halogens is 3. The van der Waals surface area contributed by atoms with Crippen LogP contribution in [0.5, 0.6) is 0 Å². The third-order valence-electron chi connectivity index (χ3n) is 5.99. The summed E-state index contributed by atoms with van der Waals surface area (Å²) >= 11 is 1.69. The van der Waals surface area contributed by atoms with Crippen LogP contribution in [0.4, 0.5) is 13.2 Å². The van der Waals surface area contributed by atoms with Crippen LogP contribution >= 0.6 is 11.8 Å². The molecule has 0 aromatic heterocycles. The molecular formula is C22H28F3N3O3S. The fraction of sp³-hybridized carbons (Fsp3) is 0.682. The lowest BCUT2D eigenvalue weighted by Crippen LogP contribution is -2.39. The molecule has 0 spiro atoms. The number of allylic oxidation sites excluding steroid dienone is 2. The van der Waals surface area contributed by atoms with Crippen molar-refractivity contribution >= 4 is 29.2 Å². The average Bonchev–Trinajstić information content (AvgIpc) is 2.76. The van der Waals surface area contributed by atoms with Crippen molar-refractivity contribution in [3.05, 3.63) is 23.7 Å². The molecule has 1 amide bonds. The summed E-state index contributed by atoms with van der Waals surface area (Å²) < 4.78 is 51.1. The van der Waals surface area contributed by atoms with Gasteiger partial charge in [-0.1, -0.05) is 0 Å². The number of hydrogen-bond donors (Lipinski definition) is 0. The van der Waals surface area contributed by atoms with Crippen LogP contribution in [0.25, 0.3) is 0 Å². The maximum absolute atomic E-state index is 14.7. The first-order valence-electron chi connectivity index (χ1n) is 11.1. The zero-order valence-corrected chi connectivity index (χ0v) is 18.7. The number of alkyl halides is 2. The summed E-state index contributed by atoms with van der Waals surface area (Å²) in [6, 6.07) is 0. The highest BCUT2D eigenvalue weighted by atomic mass is 32.2. The second kappa shape index (κ2) is 11.0. The third kappa shape index (κ3) is 6.23. The van der Waals surface area contributed by atoms with Gasteiger partial charge in [0.1, 0.15) is 23.3 Å². The van der Waals surface area contributed by atoms with Gasteiger partial charge in [0.05, 0.1) is 24.6 Å². The molecule has 2 atom stereocenters. The van der Waals surface area contributed by atoms with Crippen molar-refractivity contribution in [2.24, 2.45) is 21.8 Å². The standard InChI is InChI=1S/C22H28F3N3O3S/c23-17-8-15(31-12-14-2-1-5-28(10-14)11-19(24)25)9-18-21(17)22(29)27-20(26-18)13-32-16-3-6-30-7-4-16/h8-9,14,16,19,21H,1-7,10-13H2. The van der Waals surface area contributed by atoms with Crippen LogP contribution in [-0.2, 0) is 14.3 Å². The number of nitrogens with zero attached hydrogens (tertiary/aromatic N) is 3. The minimum atomic E-state index is -2.35. The van der Waals surface area contributed by atoms with E-state index in [0.717, 1.165) is 38.9 Å². The maximum atomic E-state index is 14.7. The minimum Gasteiger partial charge on any atom is -0.493 e. The maximum Gasteiger partial charge on any atom is 0.263 e. The Hall–Kier alpha value is -1.65. The predicted molar refractivity (Wildman–Crippen MR) is 118 cm³/mol.